The van der Waals surface area contributed by atoms with Gasteiger partial charge in [-0.3, -0.25) is 4.79 Å². The van der Waals surface area contributed by atoms with Crippen molar-refractivity contribution < 1.29 is 23.0 Å². The second-order valence-corrected chi connectivity index (χ2v) is 5.51. The molecule has 2 aromatic carbocycles. The van der Waals surface area contributed by atoms with Crippen molar-refractivity contribution >= 4 is 11.6 Å². The average Bonchev–Trinajstić information content (AvgIpc) is 2.59. The molecular weight excluding hydrogens is 316 g/mol. The minimum absolute atomic E-state index is 0.142. The predicted octanol–water partition coefficient (Wildman–Crippen LogP) is 3.33. The third-order valence-electron chi connectivity index (χ3n) is 3.95. The normalized spacial score (nSPS) is 13.4. The summed E-state index contributed by atoms with van der Waals surface area (Å²) < 4.78 is 36.9. The molecule has 126 valence electrons. The summed E-state index contributed by atoms with van der Waals surface area (Å²) >= 11 is 0. The van der Waals surface area contributed by atoms with E-state index in [2.05, 4.69) is 0 Å². The Balaban J connectivity index is 1.72. The van der Waals surface area contributed by atoms with Gasteiger partial charge in [-0.25, -0.2) is 8.78 Å². The second-order valence-electron chi connectivity index (χ2n) is 5.51. The van der Waals surface area contributed by atoms with Crippen molar-refractivity contribution in [2.24, 2.45) is 0 Å². The van der Waals surface area contributed by atoms with Crippen LogP contribution in [0.25, 0.3) is 0 Å². The molecule has 0 atom stereocenters. The molecule has 6 heteroatoms. The summed E-state index contributed by atoms with van der Waals surface area (Å²) in [6, 6.07) is 8.53. The van der Waals surface area contributed by atoms with Crippen molar-refractivity contribution in [1.82, 2.24) is 0 Å². The van der Waals surface area contributed by atoms with Crippen molar-refractivity contribution in [3.63, 3.8) is 0 Å². The highest BCUT2D eigenvalue weighted by Gasteiger charge is 2.23. The van der Waals surface area contributed by atoms with Crippen molar-refractivity contribution in [3.05, 3.63) is 53.6 Å². The van der Waals surface area contributed by atoms with Crippen molar-refractivity contribution in [1.29, 1.82) is 0 Å². The molecule has 1 heterocycles. The lowest BCUT2D eigenvalue weighted by Crippen LogP contribution is -2.38. The molecule has 2 aromatic rings. The van der Waals surface area contributed by atoms with Gasteiger partial charge in [-0.2, -0.15) is 0 Å². The summed E-state index contributed by atoms with van der Waals surface area (Å²) in [5.74, 6) is -1.19. The Bertz CT molecular complexity index is 764. The lowest BCUT2D eigenvalue weighted by molar-refractivity contribution is -0.120. The van der Waals surface area contributed by atoms with Gasteiger partial charge in [0.05, 0.1) is 7.11 Å². The van der Waals surface area contributed by atoms with E-state index in [9.17, 15) is 13.6 Å². The summed E-state index contributed by atoms with van der Waals surface area (Å²) in [4.78, 5) is 14.1. The average molecular weight is 333 g/mol. The van der Waals surface area contributed by atoms with Crippen LogP contribution in [-0.2, 0) is 11.2 Å². The number of carbonyl (C=O) groups is 1. The minimum Gasteiger partial charge on any atom is -0.497 e. The molecule has 3 rings (SSSR count). The van der Waals surface area contributed by atoms with E-state index in [0.717, 1.165) is 42.0 Å². The van der Waals surface area contributed by atoms with E-state index in [1.165, 1.54) is 6.07 Å². The van der Waals surface area contributed by atoms with Gasteiger partial charge in [0, 0.05) is 18.3 Å². The van der Waals surface area contributed by atoms with Crippen LogP contribution in [0.5, 0.6) is 11.5 Å². The van der Waals surface area contributed by atoms with Crippen molar-refractivity contribution in [3.8, 4) is 11.5 Å². The number of hydrogen-bond acceptors (Lipinski definition) is 3. The standard InChI is InChI=1S/C18H17F2NO3/c1-23-14-5-6-16-12(9-14)3-2-8-21(16)18(22)11-24-17-7-4-13(19)10-15(17)20/h4-7,9-10H,2-3,8,11H2,1H3. The maximum atomic E-state index is 13.6. The summed E-state index contributed by atoms with van der Waals surface area (Å²) in [7, 11) is 1.60. The fourth-order valence-electron chi connectivity index (χ4n) is 2.77. The first-order valence-electron chi connectivity index (χ1n) is 7.63. The molecule has 1 aliphatic rings. The molecule has 0 unspecified atom stereocenters. The van der Waals surface area contributed by atoms with E-state index in [4.69, 9.17) is 9.47 Å². The van der Waals surface area contributed by atoms with E-state index in [0.29, 0.717) is 6.54 Å². The Kier molecular flexibility index (Phi) is 4.64. The fourth-order valence-corrected chi connectivity index (χ4v) is 2.77. The predicted molar refractivity (Wildman–Crippen MR) is 85.5 cm³/mol. The molecule has 1 amide bonds. The molecule has 24 heavy (non-hydrogen) atoms. The van der Waals surface area contributed by atoms with Crippen LogP contribution in [0, 0.1) is 11.6 Å². The molecule has 0 saturated heterocycles. The third kappa shape index (κ3) is 3.32. The molecule has 0 bridgehead atoms. The van der Waals surface area contributed by atoms with E-state index >= 15 is 0 Å². The number of nitrogens with zero attached hydrogens (tertiary/aromatic N) is 1. The van der Waals surface area contributed by atoms with E-state index in [1.807, 2.05) is 12.1 Å². The fraction of sp³-hybridized carbons (Fsp3) is 0.278. The Labute approximate surface area is 138 Å². The van der Waals surface area contributed by atoms with Crippen LogP contribution in [0.3, 0.4) is 0 Å². The van der Waals surface area contributed by atoms with Crippen molar-refractivity contribution in [2.45, 2.75) is 12.8 Å². The van der Waals surface area contributed by atoms with E-state index in [1.54, 1.807) is 18.1 Å². The smallest absolute Gasteiger partial charge is 0.264 e. The zero-order valence-electron chi connectivity index (χ0n) is 13.2. The van der Waals surface area contributed by atoms with Gasteiger partial charge in [-0.15, -0.1) is 0 Å². The molecule has 0 radical (unpaired) electrons. The van der Waals surface area contributed by atoms with E-state index in [-0.39, 0.29) is 18.3 Å². The van der Waals surface area contributed by atoms with Gasteiger partial charge >= 0.3 is 0 Å². The molecule has 0 spiro atoms. The largest absolute Gasteiger partial charge is 0.497 e. The maximum Gasteiger partial charge on any atom is 0.264 e. The number of carbonyl (C=O) groups excluding carboxylic acids is 1. The van der Waals surface area contributed by atoms with Gasteiger partial charge in [0.2, 0.25) is 0 Å². The Morgan fingerprint density at radius 2 is 2.04 bits per heavy atom. The summed E-state index contributed by atoms with van der Waals surface area (Å²) in [5.41, 5.74) is 1.84. The van der Waals surface area contributed by atoms with Gasteiger partial charge < -0.3 is 14.4 Å². The summed E-state index contributed by atoms with van der Waals surface area (Å²) in [5, 5.41) is 0. The zero-order chi connectivity index (χ0) is 17.1. The van der Waals surface area contributed by atoms with Crippen LogP contribution in [-0.4, -0.2) is 26.2 Å². The number of amides is 1. The van der Waals surface area contributed by atoms with E-state index < -0.39 is 11.6 Å². The maximum absolute atomic E-state index is 13.6. The Morgan fingerprint density at radius 1 is 1.21 bits per heavy atom. The topological polar surface area (TPSA) is 38.8 Å². The van der Waals surface area contributed by atoms with Crippen LogP contribution in [0.15, 0.2) is 36.4 Å². The number of halogens is 2. The molecule has 0 N–H and O–H groups in total. The van der Waals surface area contributed by atoms with Gasteiger partial charge in [0.25, 0.3) is 5.91 Å². The number of fused-ring (bicyclic) bond motifs is 1. The van der Waals surface area contributed by atoms with Crippen LogP contribution >= 0.6 is 0 Å². The van der Waals surface area contributed by atoms with Crippen LogP contribution < -0.4 is 14.4 Å². The monoisotopic (exact) mass is 333 g/mol. The lowest BCUT2D eigenvalue weighted by atomic mass is 10.0. The number of benzene rings is 2. The number of methoxy groups -OCH3 is 1. The van der Waals surface area contributed by atoms with Crippen LogP contribution in [0.2, 0.25) is 0 Å². The number of aryl methyl sites for hydroxylation is 1. The van der Waals surface area contributed by atoms with Gasteiger partial charge in [0.1, 0.15) is 11.6 Å². The molecular formula is C18H17F2NO3. The first-order chi connectivity index (χ1) is 11.6. The van der Waals surface area contributed by atoms with Gasteiger partial charge in [-0.1, -0.05) is 0 Å². The van der Waals surface area contributed by atoms with Gasteiger partial charge in [0.15, 0.2) is 18.2 Å². The zero-order valence-corrected chi connectivity index (χ0v) is 13.2. The Hall–Kier alpha value is -2.63. The molecule has 4 nitrogen and oxygen atoms in total. The first-order valence-corrected chi connectivity index (χ1v) is 7.63. The van der Waals surface area contributed by atoms with Crippen LogP contribution in [0.1, 0.15) is 12.0 Å². The highest BCUT2D eigenvalue weighted by molar-refractivity contribution is 5.95. The highest BCUT2D eigenvalue weighted by atomic mass is 19.1. The number of anilines is 1. The minimum atomic E-state index is -0.827. The number of rotatable bonds is 4. The summed E-state index contributed by atoms with van der Waals surface area (Å²) in [6.45, 7) is 0.265. The summed E-state index contributed by atoms with van der Waals surface area (Å²) in [6.07, 6.45) is 1.70. The molecule has 0 fully saturated rings. The SMILES string of the molecule is COc1ccc2c(c1)CCCN2C(=O)COc1ccc(F)cc1F. The lowest BCUT2D eigenvalue weighted by Gasteiger charge is -2.29. The molecule has 0 saturated carbocycles. The van der Waals surface area contributed by atoms with Gasteiger partial charge in [-0.05, 0) is 48.7 Å². The third-order valence-corrected chi connectivity index (χ3v) is 3.95. The molecule has 0 aliphatic carbocycles. The van der Waals surface area contributed by atoms with Crippen LogP contribution in [0.4, 0.5) is 14.5 Å². The molecule has 0 aromatic heterocycles. The Morgan fingerprint density at radius 3 is 2.79 bits per heavy atom. The number of hydrogen-bond donors (Lipinski definition) is 0. The van der Waals surface area contributed by atoms with Crippen molar-refractivity contribution in [2.75, 3.05) is 25.2 Å². The second kappa shape index (κ2) is 6.86. The first kappa shape index (κ1) is 16.2. The molecule has 1 aliphatic heterocycles. The number of ether oxygens (including phenoxy) is 2. The highest BCUT2D eigenvalue weighted by Crippen LogP contribution is 2.30. The quantitative estimate of drug-likeness (QED) is 0.861.